The third-order valence-corrected chi connectivity index (χ3v) is 7.73. The van der Waals surface area contributed by atoms with E-state index in [1.807, 2.05) is 0 Å². The summed E-state index contributed by atoms with van der Waals surface area (Å²) >= 11 is 0. The van der Waals surface area contributed by atoms with Crippen molar-refractivity contribution >= 4 is 5.97 Å². The predicted molar refractivity (Wildman–Crippen MR) is 161 cm³/mol. The number of rotatable bonds is 30. The van der Waals surface area contributed by atoms with Crippen LogP contribution in [0.3, 0.4) is 0 Å². The number of hydrogen-bond donors (Lipinski definition) is 1. The highest BCUT2D eigenvalue weighted by Crippen LogP contribution is 2.20. The number of ether oxygens (including phenoxy) is 1. The summed E-state index contributed by atoms with van der Waals surface area (Å²) in [5, 5.41) is 9.09. The zero-order valence-corrected chi connectivity index (χ0v) is 25.6. The van der Waals surface area contributed by atoms with E-state index in [4.69, 9.17) is 9.84 Å². The Morgan fingerprint density at radius 1 is 0.595 bits per heavy atom. The molecular formula is C33H67NO3. The summed E-state index contributed by atoms with van der Waals surface area (Å²) < 4.78 is 5.75. The van der Waals surface area contributed by atoms with E-state index in [0.717, 1.165) is 38.8 Å². The zero-order chi connectivity index (χ0) is 27.2. The Morgan fingerprint density at radius 2 is 1.03 bits per heavy atom. The number of carbonyl (C=O) groups is 1. The van der Waals surface area contributed by atoms with E-state index >= 15 is 0 Å². The van der Waals surface area contributed by atoms with E-state index in [1.54, 1.807) is 0 Å². The Kier molecular flexibility index (Phi) is 29.4. The zero-order valence-electron chi connectivity index (χ0n) is 25.6. The number of nitrogens with zero attached hydrogens (tertiary/aromatic N) is 1. The van der Waals surface area contributed by atoms with Gasteiger partial charge in [-0.3, -0.25) is 4.79 Å². The van der Waals surface area contributed by atoms with Crippen molar-refractivity contribution < 1.29 is 14.6 Å². The van der Waals surface area contributed by atoms with Crippen molar-refractivity contribution in [1.29, 1.82) is 0 Å². The normalized spacial score (nSPS) is 12.4. The minimum atomic E-state index is 0.0167. The lowest BCUT2D eigenvalue weighted by Crippen LogP contribution is -2.27. The van der Waals surface area contributed by atoms with Crippen molar-refractivity contribution in [2.24, 2.45) is 5.92 Å². The summed E-state index contributed by atoms with van der Waals surface area (Å²) in [6.45, 7) is 11.2. The molecule has 0 rings (SSSR count). The second kappa shape index (κ2) is 29.9. The molecule has 0 aromatic rings. The van der Waals surface area contributed by atoms with Gasteiger partial charge in [0.25, 0.3) is 0 Å². The van der Waals surface area contributed by atoms with E-state index in [0.29, 0.717) is 25.6 Å². The molecule has 0 aromatic heterocycles. The Balaban J connectivity index is 4.06. The van der Waals surface area contributed by atoms with E-state index in [1.165, 1.54) is 122 Å². The van der Waals surface area contributed by atoms with Gasteiger partial charge in [-0.15, -0.1) is 0 Å². The summed E-state index contributed by atoms with van der Waals surface area (Å²) in [6, 6.07) is 0. The fourth-order valence-electron chi connectivity index (χ4n) is 5.17. The molecule has 0 bridgehead atoms. The van der Waals surface area contributed by atoms with Crippen molar-refractivity contribution in [2.75, 3.05) is 32.8 Å². The van der Waals surface area contributed by atoms with Crippen LogP contribution in [-0.4, -0.2) is 48.8 Å². The summed E-state index contributed by atoms with van der Waals surface area (Å²) in [5.74, 6) is 0.573. The molecule has 4 nitrogen and oxygen atoms in total. The van der Waals surface area contributed by atoms with Gasteiger partial charge in [0.05, 0.1) is 6.61 Å². The maximum atomic E-state index is 12.4. The number of hydrogen-bond acceptors (Lipinski definition) is 4. The average Bonchev–Trinajstić information content (AvgIpc) is 2.90. The summed E-state index contributed by atoms with van der Waals surface area (Å²) in [4.78, 5) is 15.0. The fraction of sp³-hybridized carbons (Fsp3) is 0.970. The number of carbonyl (C=O) groups excluding carboxylic acids is 1. The van der Waals surface area contributed by atoms with E-state index in [9.17, 15) is 4.79 Å². The molecule has 0 aliphatic rings. The van der Waals surface area contributed by atoms with Crippen LogP contribution in [-0.2, 0) is 9.53 Å². The minimum Gasteiger partial charge on any atom is -0.465 e. The largest absolute Gasteiger partial charge is 0.465 e. The molecule has 0 fully saturated rings. The fourth-order valence-corrected chi connectivity index (χ4v) is 5.17. The smallest absolute Gasteiger partial charge is 0.305 e. The van der Waals surface area contributed by atoms with Crippen LogP contribution in [0.1, 0.15) is 168 Å². The molecule has 4 heteroatoms. The molecule has 0 aliphatic heterocycles. The first-order valence-corrected chi connectivity index (χ1v) is 16.7. The van der Waals surface area contributed by atoms with Crippen molar-refractivity contribution in [3.63, 3.8) is 0 Å². The molecule has 0 aromatic carbocycles. The summed E-state index contributed by atoms with van der Waals surface area (Å²) in [5.41, 5.74) is 0. The first-order chi connectivity index (χ1) is 18.2. The Bertz CT molecular complexity index is 457. The molecule has 0 aliphatic carbocycles. The molecule has 0 amide bonds. The molecule has 222 valence electrons. The lowest BCUT2D eigenvalue weighted by atomic mass is 9.95. The lowest BCUT2D eigenvalue weighted by Gasteiger charge is -2.22. The molecule has 1 atom stereocenters. The standard InChI is InChI=1S/C33H67NO3/c1-4-7-10-13-14-18-25-32(24-17-11-8-5-2)31-37-33(36)26-19-15-16-21-28-34(29-22-23-30-35)27-20-12-9-6-3/h32,35H,4-31H2,1-3H3. The Labute approximate surface area is 232 Å². The highest BCUT2D eigenvalue weighted by molar-refractivity contribution is 5.69. The lowest BCUT2D eigenvalue weighted by molar-refractivity contribution is -0.145. The Morgan fingerprint density at radius 3 is 1.59 bits per heavy atom. The van der Waals surface area contributed by atoms with Crippen molar-refractivity contribution in [3.05, 3.63) is 0 Å². The SMILES string of the molecule is CCCCCCCCC(CCCCCC)COC(=O)CCCCCCN(CCCCO)CCCCCC. The first kappa shape index (κ1) is 36.4. The highest BCUT2D eigenvalue weighted by Gasteiger charge is 2.12. The predicted octanol–water partition coefficient (Wildman–Crippen LogP) is 9.47. The summed E-state index contributed by atoms with van der Waals surface area (Å²) in [6.07, 6.45) is 27.9. The van der Waals surface area contributed by atoms with Crippen LogP contribution in [0.15, 0.2) is 0 Å². The van der Waals surface area contributed by atoms with Gasteiger partial charge >= 0.3 is 5.97 Å². The van der Waals surface area contributed by atoms with E-state index in [-0.39, 0.29) is 5.97 Å². The van der Waals surface area contributed by atoms with Gasteiger partial charge in [0, 0.05) is 13.0 Å². The molecule has 0 saturated carbocycles. The molecule has 1 N–H and O–H groups in total. The maximum absolute atomic E-state index is 12.4. The number of aliphatic hydroxyl groups is 1. The molecule has 0 spiro atoms. The monoisotopic (exact) mass is 526 g/mol. The second-order valence-electron chi connectivity index (χ2n) is 11.5. The molecule has 0 radical (unpaired) electrons. The van der Waals surface area contributed by atoms with Crippen molar-refractivity contribution in [1.82, 2.24) is 4.90 Å². The van der Waals surface area contributed by atoms with Crippen LogP contribution >= 0.6 is 0 Å². The van der Waals surface area contributed by atoms with Crippen LogP contribution in [0.4, 0.5) is 0 Å². The number of esters is 1. The Hall–Kier alpha value is -0.610. The summed E-state index contributed by atoms with van der Waals surface area (Å²) in [7, 11) is 0. The molecular weight excluding hydrogens is 458 g/mol. The van der Waals surface area contributed by atoms with E-state index < -0.39 is 0 Å². The molecule has 37 heavy (non-hydrogen) atoms. The van der Waals surface area contributed by atoms with Crippen LogP contribution in [0, 0.1) is 5.92 Å². The quantitative estimate of drug-likeness (QED) is 0.0749. The van der Waals surface area contributed by atoms with Gasteiger partial charge < -0.3 is 14.7 Å². The van der Waals surface area contributed by atoms with Crippen molar-refractivity contribution in [3.8, 4) is 0 Å². The van der Waals surface area contributed by atoms with Gasteiger partial charge in [0.2, 0.25) is 0 Å². The third-order valence-electron chi connectivity index (χ3n) is 7.73. The maximum Gasteiger partial charge on any atom is 0.305 e. The molecule has 0 saturated heterocycles. The second-order valence-corrected chi connectivity index (χ2v) is 11.5. The van der Waals surface area contributed by atoms with Gasteiger partial charge in [-0.2, -0.15) is 0 Å². The van der Waals surface area contributed by atoms with Gasteiger partial charge in [-0.1, -0.05) is 117 Å². The van der Waals surface area contributed by atoms with Gasteiger partial charge in [-0.05, 0) is 70.5 Å². The molecule has 0 heterocycles. The molecule has 1 unspecified atom stereocenters. The van der Waals surface area contributed by atoms with Gasteiger partial charge in [0.15, 0.2) is 0 Å². The van der Waals surface area contributed by atoms with Crippen LogP contribution in [0.5, 0.6) is 0 Å². The van der Waals surface area contributed by atoms with Gasteiger partial charge in [0.1, 0.15) is 0 Å². The highest BCUT2D eigenvalue weighted by atomic mass is 16.5. The topological polar surface area (TPSA) is 49.8 Å². The van der Waals surface area contributed by atoms with Gasteiger partial charge in [-0.25, -0.2) is 0 Å². The van der Waals surface area contributed by atoms with Crippen LogP contribution < -0.4 is 0 Å². The third kappa shape index (κ3) is 26.8. The van der Waals surface area contributed by atoms with Crippen LogP contribution in [0.25, 0.3) is 0 Å². The first-order valence-electron chi connectivity index (χ1n) is 16.7. The average molecular weight is 526 g/mol. The van der Waals surface area contributed by atoms with Crippen molar-refractivity contribution in [2.45, 2.75) is 168 Å². The number of aliphatic hydroxyl groups excluding tert-OH is 1. The van der Waals surface area contributed by atoms with E-state index in [2.05, 4.69) is 25.7 Å². The number of unbranched alkanes of at least 4 members (excludes halogenated alkanes) is 15. The minimum absolute atomic E-state index is 0.0167. The van der Waals surface area contributed by atoms with Crippen LogP contribution in [0.2, 0.25) is 0 Å².